The van der Waals surface area contributed by atoms with Crippen LogP contribution in [-0.4, -0.2) is 43.8 Å². The molecule has 9 rings (SSSR count). The topological polar surface area (TPSA) is 88.1 Å². The summed E-state index contributed by atoms with van der Waals surface area (Å²) in [5.74, 6) is -0.978. The quantitative estimate of drug-likeness (QED) is 0.176. The molecule has 2 unspecified atom stereocenters. The first kappa shape index (κ1) is 30.8. The molecule has 0 spiro atoms. The number of rotatable bonds is 8. The second kappa shape index (κ2) is 11.6. The van der Waals surface area contributed by atoms with Crippen molar-refractivity contribution in [2.45, 2.75) is 71.7 Å². The van der Waals surface area contributed by atoms with Crippen molar-refractivity contribution >= 4 is 37.8 Å². The molecule has 0 aromatic heterocycles. The lowest BCUT2D eigenvalue weighted by Gasteiger charge is -2.59. The van der Waals surface area contributed by atoms with Gasteiger partial charge < -0.3 is 18.9 Å². The number of carbonyl (C=O) groups is 3. The molecule has 3 aromatic rings. The maximum absolute atomic E-state index is 14.1. The zero-order valence-electron chi connectivity index (χ0n) is 26.6. The summed E-state index contributed by atoms with van der Waals surface area (Å²) >= 11 is 0. The van der Waals surface area contributed by atoms with Crippen LogP contribution in [0.4, 0.5) is 0 Å². The molecule has 0 N–H and O–H groups in total. The van der Waals surface area contributed by atoms with Crippen LogP contribution in [0.25, 0.3) is 11.1 Å². The third-order valence-electron chi connectivity index (χ3n) is 11.6. The minimum atomic E-state index is -2.23. The summed E-state index contributed by atoms with van der Waals surface area (Å²) in [5, 5.41) is 0. The van der Waals surface area contributed by atoms with Crippen molar-refractivity contribution in [3.05, 3.63) is 72.3 Å². The lowest BCUT2D eigenvalue weighted by Crippen LogP contribution is -2.58. The number of methoxy groups -OCH3 is 1. The van der Waals surface area contributed by atoms with Crippen LogP contribution in [0, 0.1) is 29.6 Å². The van der Waals surface area contributed by atoms with Gasteiger partial charge in [0.2, 0.25) is 0 Å². The van der Waals surface area contributed by atoms with Gasteiger partial charge in [0, 0.05) is 20.2 Å². The molecule has 2 heterocycles. The first-order chi connectivity index (χ1) is 22.7. The Hall–Kier alpha value is -3.49. The molecule has 9 heteroatoms. The first-order valence-corrected chi connectivity index (χ1v) is 19.1. The van der Waals surface area contributed by atoms with Gasteiger partial charge in [-0.05, 0) is 111 Å². The van der Waals surface area contributed by atoms with Crippen LogP contribution in [0.15, 0.2) is 81.4 Å². The smallest absolute Gasteiger partial charge is 0.344 e. The van der Waals surface area contributed by atoms with Gasteiger partial charge in [0.05, 0.1) is 25.6 Å². The van der Waals surface area contributed by atoms with Crippen molar-refractivity contribution in [3.8, 4) is 16.9 Å². The van der Waals surface area contributed by atoms with Gasteiger partial charge in [-0.25, -0.2) is 4.79 Å². The molecule has 0 radical (unpaired) electrons. The number of ether oxygens (including phenoxy) is 4. The van der Waals surface area contributed by atoms with E-state index < -0.39 is 51.2 Å². The largest absolute Gasteiger partial charge is 0.496 e. The average molecular weight is 675 g/mol. The maximum Gasteiger partial charge on any atom is 0.344 e. The third kappa shape index (κ3) is 4.88. The zero-order chi connectivity index (χ0) is 32.5. The van der Waals surface area contributed by atoms with E-state index in [9.17, 15) is 14.4 Å². The zero-order valence-corrected chi connectivity index (χ0v) is 28.2. The number of hydrogen-bond donors (Lipinski definition) is 0. The van der Waals surface area contributed by atoms with Crippen molar-refractivity contribution in [1.29, 1.82) is 0 Å². The molecule has 47 heavy (non-hydrogen) atoms. The van der Waals surface area contributed by atoms with Crippen LogP contribution < -0.4 is 4.74 Å². The lowest BCUT2D eigenvalue weighted by molar-refractivity contribution is -0.207. The van der Waals surface area contributed by atoms with E-state index in [0.29, 0.717) is 29.6 Å². The minimum Gasteiger partial charge on any atom is -0.496 e. The second-order valence-electron chi connectivity index (χ2n) is 14.0. The van der Waals surface area contributed by atoms with Crippen LogP contribution in [-0.2, 0) is 28.6 Å². The Kier molecular flexibility index (Phi) is 7.60. The second-order valence-corrected chi connectivity index (χ2v) is 17.9. The fraction of sp³-hybridized carbons (Fsp3) is 0.447. The SMILES string of the molecule is COc1ccc(S2(Cl)c3ccccc3-c3ccccc32)cc1C(C(=O)OCC(=O)OC1(C)C2CC3CC(C2)CC1C3)C1CCOC1=O. The fourth-order valence-electron chi connectivity index (χ4n) is 9.48. The van der Waals surface area contributed by atoms with Gasteiger partial charge in [-0.15, -0.1) is 0 Å². The molecular formula is C38H39ClO7S. The van der Waals surface area contributed by atoms with Gasteiger partial charge in [-0.3, -0.25) is 9.59 Å². The highest BCUT2D eigenvalue weighted by Crippen LogP contribution is 2.79. The van der Waals surface area contributed by atoms with Gasteiger partial charge in [0.1, 0.15) is 11.4 Å². The molecule has 1 saturated heterocycles. The summed E-state index contributed by atoms with van der Waals surface area (Å²) in [5.41, 5.74) is 2.10. The maximum atomic E-state index is 14.1. The van der Waals surface area contributed by atoms with Crippen molar-refractivity contribution in [2.24, 2.45) is 29.6 Å². The third-order valence-corrected chi connectivity index (χ3v) is 15.9. The predicted octanol–water partition coefficient (Wildman–Crippen LogP) is 8.06. The molecule has 4 aliphatic carbocycles. The summed E-state index contributed by atoms with van der Waals surface area (Å²) in [7, 11) is 7.03. The minimum absolute atomic E-state index is 0.200. The summed E-state index contributed by atoms with van der Waals surface area (Å²) in [6, 6.07) is 21.8. The highest BCUT2D eigenvalue weighted by atomic mass is 35.7. The standard InChI is InChI=1S/C38H39ClO7S/c1-38(24-16-22-15-23(18-24)19-25(38)17-22)46-34(40)21-45-37(42)35(29-13-14-44-36(29)41)30-20-26(11-12-31(30)43-2)47(39)32-9-5-3-7-27(32)28-8-4-6-10-33(28)47/h3-12,20,22-25,29,35H,13-19,21H2,1-2H3. The number of carbonyl (C=O) groups excluding carboxylic acids is 3. The molecular weight excluding hydrogens is 636 g/mol. The lowest BCUT2D eigenvalue weighted by atomic mass is 9.50. The van der Waals surface area contributed by atoms with Crippen LogP contribution in [0.1, 0.15) is 56.9 Å². The highest BCUT2D eigenvalue weighted by molar-refractivity contribution is 8.51. The first-order valence-electron chi connectivity index (χ1n) is 16.6. The molecule has 5 fully saturated rings. The van der Waals surface area contributed by atoms with E-state index >= 15 is 0 Å². The van der Waals surface area contributed by atoms with E-state index in [4.69, 9.17) is 29.6 Å². The fourth-order valence-corrected chi connectivity index (χ4v) is 13.4. The summed E-state index contributed by atoms with van der Waals surface area (Å²) < 4.78 is 23.0. The van der Waals surface area contributed by atoms with E-state index in [2.05, 4.69) is 31.2 Å². The van der Waals surface area contributed by atoms with Crippen molar-refractivity contribution in [2.75, 3.05) is 20.3 Å². The molecule has 7 nitrogen and oxygen atoms in total. The molecule has 2 aliphatic heterocycles. The molecule has 2 atom stereocenters. The molecule has 0 amide bonds. The van der Waals surface area contributed by atoms with Gasteiger partial charge in [0.15, 0.2) is 6.61 Å². The van der Waals surface area contributed by atoms with Crippen molar-refractivity contribution in [3.63, 3.8) is 0 Å². The summed E-state index contributed by atoms with van der Waals surface area (Å²) in [6.07, 6.45) is 6.02. The molecule has 6 aliphatic rings. The Labute approximate surface area is 281 Å². The molecule has 246 valence electrons. The van der Waals surface area contributed by atoms with Crippen LogP contribution in [0.3, 0.4) is 0 Å². The van der Waals surface area contributed by atoms with Gasteiger partial charge in [0.25, 0.3) is 0 Å². The monoisotopic (exact) mass is 674 g/mol. The Morgan fingerprint density at radius 1 is 0.936 bits per heavy atom. The average Bonchev–Trinajstić information content (AvgIpc) is 3.61. The number of halogens is 1. The summed E-state index contributed by atoms with van der Waals surface area (Å²) in [6.45, 7) is 1.75. The predicted molar refractivity (Wildman–Crippen MR) is 177 cm³/mol. The summed E-state index contributed by atoms with van der Waals surface area (Å²) in [4.78, 5) is 43.2. The van der Waals surface area contributed by atoms with E-state index in [1.807, 2.05) is 36.4 Å². The number of fused-ring (bicyclic) bond motifs is 3. The Morgan fingerprint density at radius 3 is 2.13 bits per heavy atom. The van der Waals surface area contributed by atoms with Gasteiger partial charge in [-0.2, -0.15) is 0 Å². The van der Waals surface area contributed by atoms with E-state index in [0.717, 1.165) is 63.3 Å². The molecule has 3 aromatic carbocycles. The number of hydrogen-bond acceptors (Lipinski definition) is 7. The Balaban J connectivity index is 1.10. The number of benzene rings is 3. The van der Waals surface area contributed by atoms with Gasteiger partial charge in [-0.1, -0.05) is 56.3 Å². The highest BCUT2D eigenvalue weighted by Gasteiger charge is 2.57. The van der Waals surface area contributed by atoms with Gasteiger partial charge >= 0.3 is 17.9 Å². The van der Waals surface area contributed by atoms with Crippen LogP contribution in [0.5, 0.6) is 5.75 Å². The Bertz CT molecular complexity index is 1700. The van der Waals surface area contributed by atoms with E-state index in [1.54, 1.807) is 6.07 Å². The normalized spacial score (nSPS) is 30.5. The number of esters is 3. The Morgan fingerprint density at radius 2 is 1.55 bits per heavy atom. The van der Waals surface area contributed by atoms with Crippen LogP contribution in [0.2, 0.25) is 0 Å². The van der Waals surface area contributed by atoms with Crippen LogP contribution >= 0.6 is 19.9 Å². The van der Waals surface area contributed by atoms with E-state index in [-0.39, 0.29) is 6.61 Å². The van der Waals surface area contributed by atoms with Crippen molar-refractivity contribution in [1.82, 2.24) is 0 Å². The van der Waals surface area contributed by atoms with Crippen molar-refractivity contribution < 1.29 is 33.3 Å². The molecule has 4 bridgehead atoms. The molecule has 4 saturated carbocycles. The van der Waals surface area contributed by atoms with E-state index in [1.165, 1.54) is 13.5 Å². The number of cyclic esters (lactones) is 1.